The van der Waals surface area contributed by atoms with Gasteiger partial charge in [-0.3, -0.25) is 4.79 Å². The van der Waals surface area contributed by atoms with Crippen molar-refractivity contribution in [3.63, 3.8) is 0 Å². The molecule has 4 heteroatoms. The van der Waals surface area contributed by atoms with Gasteiger partial charge in [-0.2, -0.15) is 0 Å². The Labute approximate surface area is 68.0 Å². The lowest BCUT2D eigenvalue weighted by atomic mass is 10.2. The molecule has 0 radical (unpaired) electrons. The lowest BCUT2D eigenvalue weighted by molar-refractivity contribution is 0.112. The molecule has 0 heterocycles. The van der Waals surface area contributed by atoms with Crippen LogP contribution in [0.2, 0.25) is 5.02 Å². The third kappa shape index (κ3) is 1.62. The van der Waals surface area contributed by atoms with E-state index >= 15 is 0 Å². The molecule has 0 spiro atoms. The molecular formula is C7H4ClNO2. The van der Waals surface area contributed by atoms with Gasteiger partial charge in [-0.25, -0.2) is 0 Å². The SMILES string of the molecule is O=Cc1ccc(Cl)c(N=O)c1. The summed E-state index contributed by atoms with van der Waals surface area (Å²) in [6.07, 6.45) is 0.630. The van der Waals surface area contributed by atoms with Crippen molar-refractivity contribution in [3.8, 4) is 0 Å². The normalized spacial score (nSPS) is 9.18. The third-order valence-corrected chi connectivity index (χ3v) is 1.52. The molecular weight excluding hydrogens is 166 g/mol. The van der Waals surface area contributed by atoms with Gasteiger partial charge < -0.3 is 0 Å². The number of nitroso groups, excluding NO2 is 1. The van der Waals surface area contributed by atoms with Crippen LogP contribution in [0.1, 0.15) is 10.4 Å². The summed E-state index contributed by atoms with van der Waals surface area (Å²) in [5, 5.41) is 2.89. The van der Waals surface area contributed by atoms with Crippen LogP contribution in [0.15, 0.2) is 23.4 Å². The summed E-state index contributed by atoms with van der Waals surface area (Å²) in [5.41, 5.74) is 0.486. The molecule has 0 saturated carbocycles. The summed E-state index contributed by atoms with van der Waals surface area (Å²) >= 11 is 5.54. The molecule has 1 rings (SSSR count). The summed E-state index contributed by atoms with van der Waals surface area (Å²) < 4.78 is 0. The largest absolute Gasteiger partial charge is 0.298 e. The maximum Gasteiger partial charge on any atom is 0.150 e. The highest BCUT2D eigenvalue weighted by molar-refractivity contribution is 6.33. The molecule has 1 aromatic rings. The summed E-state index contributed by atoms with van der Waals surface area (Å²) in [7, 11) is 0. The highest BCUT2D eigenvalue weighted by atomic mass is 35.5. The predicted molar refractivity (Wildman–Crippen MR) is 42.3 cm³/mol. The van der Waals surface area contributed by atoms with Crippen LogP contribution >= 0.6 is 11.6 Å². The zero-order valence-electron chi connectivity index (χ0n) is 5.45. The monoisotopic (exact) mass is 169 g/mol. The Kier molecular flexibility index (Phi) is 2.33. The van der Waals surface area contributed by atoms with Crippen molar-refractivity contribution < 1.29 is 4.79 Å². The van der Waals surface area contributed by atoms with Crippen LogP contribution in [0.5, 0.6) is 0 Å². The van der Waals surface area contributed by atoms with E-state index in [-0.39, 0.29) is 10.7 Å². The van der Waals surface area contributed by atoms with Crippen molar-refractivity contribution in [3.05, 3.63) is 33.7 Å². The molecule has 0 aliphatic heterocycles. The number of hydrogen-bond donors (Lipinski definition) is 0. The number of aldehydes is 1. The second-order valence-electron chi connectivity index (χ2n) is 1.92. The van der Waals surface area contributed by atoms with Crippen molar-refractivity contribution in [2.75, 3.05) is 0 Å². The molecule has 0 N–H and O–H groups in total. The Morgan fingerprint density at radius 3 is 2.73 bits per heavy atom. The van der Waals surface area contributed by atoms with E-state index in [0.717, 1.165) is 0 Å². The second kappa shape index (κ2) is 3.25. The Morgan fingerprint density at radius 1 is 1.45 bits per heavy atom. The first-order chi connectivity index (χ1) is 5.27. The van der Waals surface area contributed by atoms with E-state index < -0.39 is 0 Å². The van der Waals surface area contributed by atoms with Gasteiger partial charge in [0, 0.05) is 5.56 Å². The topological polar surface area (TPSA) is 46.5 Å². The van der Waals surface area contributed by atoms with Gasteiger partial charge in [0.25, 0.3) is 0 Å². The van der Waals surface area contributed by atoms with Crippen molar-refractivity contribution in [2.24, 2.45) is 5.18 Å². The van der Waals surface area contributed by atoms with Crippen LogP contribution in [0, 0.1) is 4.91 Å². The van der Waals surface area contributed by atoms with Crippen LogP contribution in [0.4, 0.5) is 5.69 Å². The summed E-state index contributed by atoms with van der Waals surface area (Å²) in [4.78, 5) is 20.2. The number of carbonyl (C=O) groups excluding carboxylic acids is 1. The van der Waals surface area contributed by atoms with Gasteiger partial charge in [0.05, 0.1) is 5.02 Å². The minimum atomic E-state index is 0.0938. The first-order valence-electron chi connectivity index (χ1n) is 2.86. The number of rotatable bonds is 2. The molecule has 1 aromatic carbocycles. The molecule has 0 atom stereocenters. The molecule has 0 fully saturated rings. The maximum absolute atomic E-state index is 10.2. The maximum atomic E-state index is 10.2. The van der Waals surface area contributed by atoms with Gasteiger partial charge in [-0.15, -0.1) is 4.91 Å². The van der Waals surface area contributed by atoms with Gasteiger partial charge in [-0.05, 0) is 17.3 Å². The first-order valence-corrected chi connectivity index (χ1v) is 3.24. The van der Waals surface area contributed by atoms with Gasteiger partial charge in [-0.1, -0.05) is 17.7 Å². The van der Waals surface area contributed by atoms with E-state index in [4.69, 9.17) is 11.6 Å². The molecule has 56 valence electrons. The van der Waals surface area contributed by atoms with Gasteiger partial charge >= 0.3 is 0 Å². The van der Waals surface area contributed by atoms with Crippen LogP contribution < -0.4 is 0 Å². The van der Waals surface area contributed by atoms with E-state index in [1.54, 1.807) is 0 Å². The molecule has 0 saturated heterocycles. The molecule has 3 nitrogen and oxygen atoms in total. The van der Waals surface area contributed by atoms with Gasteiger partial charge in [0.15, 0.2) is 0 Å². The van der Waals surface area contributed by atoms with E-state index in [1.165, 1.54) is 18.2 Å². The van der Waals surface area contributed by atoms with E-state index in [0.29, 0.717) is 11.8 Å². The standard InChI is InChI=1S/C7H4ClNO2/c8-6-2-1-5(4-10)3-7(6)9-11/h1-4H. The van der Waals surface area contributed by atoms with Gasteiger partial charge in [0.1, 0.15) is 12.0 Å². The predicted octanol–water partition coefficient (Wildman–Crippen LogP) is 2.55. The molecule has 0 aliphatic carbocycles. The van der Waals surface area contributed by atoms with Crippen LogP contribution in [0.3, 0.4) is 0 Å². The third-order valence-electron chi connectivity index (χ3n) is 1.20. The number of nitrogens with zero attached hydrogens (tertiary/aromatic N) is 1. The van der Waals surface area contributed by atoms with Crippen molar-refractivity contribution >= 4 is 23.6 Å². The molecule has 0 aliphatic rings. The highest BCUT2D eigenvalue weighted by Gasteiger charge is 2.00. The molecule has 0 amide bonds. The lowest BCUT2D eigenvalue weighted by Gasteiger charge is -1.93. The van der Waals surface area contributed by atoms with Crippen molar-refractivity contribution in [2.45, 2.75) is 0 Å². The fourth-order valence-corrected chi connectivity index (χ4v) is 0.825. The summed E-state index contributed by atoms with van der Waals surface area (Å²) in [5.74, 6) is 0. The fraction of sp³-hybridized carbons (Fsp3) is 0. The number of carbonyl (C=O) groups is 1. The fourth-order valence-electron chi connectivity index (χ4n) is 0.673. The second-order valence-corrected chi connectivity index (χ2v) is 2.33. The summed E-state index contributed by atoms with van der Waals surface area (Å²) in [6.45, 7) is 0. The quantitative estimate of drug-likeness (QED) is 0.505. The zero-order valence-corrected chi connectivity index (χ0v) is 6.21. The van der Waals surface area contributed by atoms with E-state index in [1.807, 2.05) is 0 Å². The molecule has 0 aromatic heterocycles. The van der Waals surface area contributed by atoms with Crippen molar-refractivity contribution in [1.82, 2.24) is 0 Å². The first kappa shape index (κ1) is 7.88. The Balaban J connectivity index is 3.22. The summed E-state index contributed by atoms with van der Waals surface area (Å²) in [6, 6.07) is 4.31. The van der Waals surface area contributed by atoms with Crippen LogP contribution in [0.25, 0.3) is 0 Å². The molecule has 0 unspecified atom stereocenters. The van der Waals surface area contributed by atoms with Crippen molar-refractivity contribution in [1.29, 1.82) is 0 Å². The van der Waals surface area contributed by atoms with Crippen LogP contribution in [-0.2, 0) is 0 Å². The molecule has 11 heavy (non-hydrogen) atoms. The minimum Gasteiger partial charge on any atom is -0.298 e. The van der Waals surface area contributed by atoms with E-state index in [9.17, 15) is 9.70 Å². The minimum absolute atomic E-state index is 0.0938. The average molecular weight is 170 g/mol. The number of benzene rings is 1. The molecule has 0 bridgehead atoms. The Morgan fingerprint density at radius 2 is 2.18 bits per heavy atom. The highest BCUT2D eigenvalue weighted by Crippen LogP contribution is 2.24. The zero-order chi connectivity index (χ0) is 8.27. The van der Waals surface area contributed by atoms with E-state index in [2.05, 4.69) is 5.18 Å². The number of halogens is 1. The van der Waals surface area contributed by atoms with Crippen LogP contribution in [-0.4, -0.2) is 6.29 Å². The smallest absolute Gasteiger partial charge is 0.150 e. The lowest BCUT2D eigenvalue weighted by Crippen LogP contribution is -1.77. The Bertz CT molecular complexity index is 298. The van der Waals surface area contributed by atoms with Gasteiger partial charge in [0.2, 0.25) is 0 Å². The number of hydrogen-bond acceptors (Lipinski definition) is 3. The average Bonchev–Trinajstić information content (AvgIpc) is 2.05. The Hall–Kier alpha value is -1.22.